The van der Waals surface area contributed by atoms with Crippen LogP contribution in [0.3, 0.4) is 0 Å². The van der Waals surface area contributed by atoms with E-state index in [4.69, 9.17) is 5.73 Å². The van der Waals surface area contributed by atoms with Gasteiger partial charge in [-0.15, -0.1) is 10.2 Å². The Bertz CT molecular complexity index is 490. The number of nitrogens with zero attached hydrogens (tertiary/aromatic N) is 4. The van der Waals surface area contributed by atoms with E-state index >= 15 is 0 Å². The minimum absolute atomic E-state index is 0.291. The lowest BCUT2D eigenvalue weighted by Gasteiger charge is -1.94. The lowest BCUT2D eigenvalue weighted by atomic mass is 10.8. The molecule has 0 aliphatic rings. The van der Waals surface area contributed by atoms with Gasteiger partial charge in [0, 0.05) is 12.3 Å². The fraction of sp³-hybridized carbons (Fsp3) is 0.333. The third-order valence-corrected chi connectivity index (χ3v) is 2.44. The van der Waals surface area contributed by atoms with E-state index in [1.54, 1.807) is 0 Å². The van der Waals surface area contributed by atoms with E-state index in [-0.39, 0.29) is 5.56 Å². The van der Waals surface area contributed by atoms with E-state index in [0.717, 1.165) is 5.75 Å². The fourth-order valence-electron chi connectivity index (χ4n) is 0.940. The van der Waals surface area contributed by atoms with Crippen LogP contribution in [-0.2, 0) is 0 Å². The molecule has 0 aliphatic carbocycles. The molecule has 2 rings (SSSR count). The highest BCUT2D eigenvalue weighted by Crippen LogP contribution is 2.12. The molecule has 0 fully saturated rings. The van der Waals surface area contributed by atoms with Gasteiger partial charge in [0.05, 0.1) is 0 Å². The number of hydrogen-bond donors (Lipinski definition) is 2. The molecule has 14 heavy (non-hydrogen) atoms. The molecule has 7 nitrogen and oxygen atoms in total. The summed E-state index contributed by atoms with van der Waals surface area (Å²) >= 11 is 1.44. The summed E-state index contributed by atoms with van der Waals surface area (Å²) in [6.07, 6.45) is 1.18. The molecule has 0 spiro atoms. The highest BCUT2D eigenvalue weighted by atomic mass is 32.2. The number of H-pyrrole nitrogens is 1. The number of nitrogens with one attached hydrogen (secondary N) is 1. The van der Waals surface area contributed by atoms with Gasteiger partial charge in [-0.25, -0.2) is 0 Å². The molecule has 8 heteroatoms. The van der Waals surface area contributed by atoms with Gasteiger partial charge in [0.25, 0.3) is 11.3 Å². The highest BCUT2D eigenvalue weighted by Gasteiger charge is 2.06. The van der Waals surface area contributed by atoms with E-state index in [0.29, 0.717) is 17.5 Å². The minimum Gasteiger partial charge on any atom is -0.330 e. The molecule has 0 bridgehead atoms. The molecule has 0 aliphatic heterocycles. The van der Waals surface area contributed by atoms with Crippen LogP contribution in [0.25, 0.3) is 5.78 Å². The van der Waals surface area contributed by atoms with Crippen LogP contribution >= 0.6 is 11.8 Å². The van der Waals surface area contributed by atoms with E-state index in [9.17, 15) is 4.79 Å². The fourth-order valence-corrected chi connectivity index (χ4v) is 1.60. The number of rotatable bonds is 3. The van der Waals surface area contributed by atoms with Gasteiger partial charge < -0.3 is 5.73 Å². The van der Waals surface area contributed by atoms with E-state index in [1.165, 1.54) is 22.5 Å². The van der Waals surface area contributed by atoms with Crippen molar-refractivity contribution in [3.63, 3.8) is 0 Å². The van der Waals surface area contributed by atoms with Crippen LogP contribution < -0.4 is 11.3 Å². The number of thioether (sulfide) groups is 1. The zero-order valence-corrected chi connectivity index (χ0v) is 7.99. The molecule has 2 aromatic heterocycles. The Kier molecular flexibility index (Phi) is 2.46. The summed E-state index contributed by atoms with van der Waals surface area (Å²) in [5, 5.41) is 12.1. The average molecular weight is 212 g/mol. The molecule has 0 aromatic carbocycles. The first-order valence-corrected chi connectivity index (χ1v) is 4.93. The maximum Gasteiger partial charge on any atom is 0.271 e. The third-order valence-electron chi connectivity index (χ3n) is 1.49. The first-order valence-electron chi connectivity index (χ1n) is 3.95. The topological polar surface area (TPSA) is 102 Å². The Balaban J connectivity index is 2.42. The van der Waals surface area contributed by atoms with Crippen LogP contribution in [0, 0.1) is 0 Å². The van der Waals surface area contributed by atoms with Crippen molar-refractivity contribution in [2.24, 2.45) is 5.73 Å². The molecule has 0 unspecified atom stereocenters. The van der Waals surface area contributed by atoms with Gasteiger partial charge in [-0.3, -0.25) is 9.78 Å². The molecule has 0 saturated carbocycles. The molecule has 0 atom stereocenters. The number of fused-ring (bicyclic) bond motifs is 1. The molecule has 2 aromatic rings. The third kappa shape index (κ3) is 1.61. The van der Waals surface area contributed by atoms with Crippen molar-refractivity contribution >= 4 is 17.5 Å². The second kappa shape index (κ2) is 3.76. The van der Waals surface area contributed by atoms with E-state index in [1.807, 2.05) is 0 Å². The zero-order chi connectivity index (χ0) is 9.97. The Morgan fingerprint density at radius 1 is 1.57 bits per heavy atom. The largest absolute Gasteiger partial charge is 0.330 e. The van der Waals surface area contributed by atoms with Gasteiger partial charge in [-0.1, -0.05) is 11.8 Å². The average Bonchev–Trinajstić information content (AvgIpc) is 2.57. The summed E-state index contributed by atoms with van der Waals surface area (Å²) in [5.74, 6) is 1.08. The highest BCUT2D eigenvalue weighted by molar-refractivity contribution is 7.99. The van der Waals surface area contributed by atoms with Gasteiger partial charge in [0.2, 0.25) is 5.16 Å². The van der Waals surface area contributed by atoms with Crippen molar-refractivity contribution in [1.82, 2.24) is 24.8 Å². The molecule has 0 amide bonds. The van der Waals surface area contributed by atoms with Crippen LogP contribution in [0.5, 0.6) is 0 Å². The minimum atomic E-state index is -0.291. The maximum absolute atomic E-state index is 10.9. The van der Waals surface area contributed by atoms with Gasteiger partial charge in [0.15, 0.2) is 0 Å². The van der Waals surface area contributed by atoms with E-state index < -0.39 is 0 Å². The monoisotopic (exact) mass is 212 g/mol. The Morgan fingerprint density at radius 2 is 2.43 bits per heavy atom. The molecule has 0 saturated heterocycles. The lowest BCUT2D eigenvalue weighted by molar-refractivity contribution is 0.790. The zero-order valence-electron chi connectivity index (χ0n) is 7.17. The predicted molar refractivity (Wildman–Crippen MR) is 51.2 cm³/mol. The maximum atomic E-state index is 10.9. The number of aromatic nitrogens is 5. The molecule has 3 N–H and O–H groups in total. The van der Waals surface area contributed by atoms with Crippen molar-refractivity contribution in [3.8, 4) is 0 Å². The second-order valence-corrected chi connectivity index (χ2v) is 3.55. The molecule has 0 radical (unpaired) electrons. The summed E-state index contributed by atoms with van der Waals surface area (Å²) in [5.41, 5.74) is 5.07. The van der Waals surface area contributed by atoms with Crippen molar-refractivity contribution in [2.45, 2.75) is 5.16 Å². The van der Waals surface area contributed by atoms with Gasteiger partial charge >= 0.3 is 0 Å². The first-order chi connectivity index (χ1) is 6.81. The van der Waals surface area contributed by atoms with Crippen molar-refractivity contribution < 1.29 is 0 Å². The van der Waals surface area contributed by atoms with Crippen LogP contribution in [0.15, 0.2) is 16.1 Å². The summed E-state index contributed by atoms with van der Waals surface area (Å²) in [4.78, 5) is 13.4. The number of aromatic amines is 1. The summed E-state index contributed by atoms with van der Waals surface area (Å²) in [6.45, 7) is 0.558. The number of hydrogen-bond acceptors (Lipinski definition) is 6. The van der Waals surface area contributed by atoms with Crippen molar-refractivity contribution in [1.29, 1.82) is 0 Å². The standard InChI is InChI=1S/C6H8N6OS/c7-1-2-14-6-11-10-5-9-4(13)3-8-12(5)6/h3H,1-2,7H2,(H,9,10,13). The normalized spacial score (nSPS) is 10.9. The summed E-state index contributed by atoms with van der Waals surface area (Å²) < 4.78 is 1.47. The summed E-state index contributed by atoms with van der Waals surface area (Å²) in [6, 6.07) is 0. The molecule has 2 heterocycles. The Hall–Kier alpha value is -1.41. The Labute approximate surface area is 82.7 Å². The first kappa shape index (κ1) is 9.16. The second-order valence-electron chi connectivity index (χ2n) is 2.49. The van der Waals surface area contributed by atoms with Gasteiger partial charge in [0.1, 0.15) is 6.20 Å². The van der Waals surface area contributed by atoms with Gasteiger partial charge in [-0.05, 0) is 0 Å². The lowest BCUT2D eigenvalue weighted by Crippen LogP contribution is -2.10. The number of nitrogens with two attached hydrogens (primary N) is 1. The molecule has 74 valence electrons. The molecular formula is C6H8N6OS. The van der Waals surface area contributed by atoms with E-state index in [2.05, 4.69) is 20.3 Å². The Morgan fingerprint density at radius 3 is 3.21 bits per heavy atom. The summed E-state index contributed by atoms with van der Waals surface area (Å²) in [7, 11) is 0. The smallest absolute Gasteiger partial charge is 0.271 e. The SMILES string of the molecule is NCCSc1nnc2[nH]c(=O)cnn12. The van der Waals surface area contributed by atoms with Gasteiger partial charge in [-0.2, -0.15) is 9.61 Å². The van der Waals surface area contributed by atoms with Crippen molar-refractivity contribution in [2.75, 3.05) is 12.3 Å². The van der Waals surface area contributed by atoms with Crippen LogP contribution in [0.1, 0.15) is 0 Å². The van der Waals surface area contributed by atoms with Crippen LogP contribution in [-0.4, -0.2) is 37.1 Å². The van der Waals surface area contributed by atoms with Crippen molar-refractivity contribution in [3.05, 3.63) is 16.6 Å². The van der Waals surface area contributed by atoms with Crippen LogP contribution in [0.4, 0.5) is 0 Å². The molecular weight excluding hydrogens is 204 g/mol. The van der Waals surface area contributed by atoms with Crippen LogP contribution in [0.2, 0.25) is 0 Å². The quantitative estimate of drug-likeness (QED) is 0.624. The predicted octanol–water partition coefficient (Wildman–Crippen LogP) is -1.14.